The van der Waals surface area contributed by atoms with E-state index in [0.29, 0.717) is 42.3 Å². The molecule has 2 atom stereocenters. The fourth-order valence-corrected chi connectivity index (χ4v) is 10.0. The molecule has 0 bridgehead atoms. The third-order valence-electron chi connectivity index (χ3n) is 14.7. The zero-order valence-corrected chi connectivity index (χ0v) is 48.3. The third-order valence-corrected chi connectivity index (χ3v) is 14.7. The molecule has 3 aliphatic rings. The first-order valence-corrected chi connectivity index (χ1v) is 28.6. The smallest absolute Gasteiger partial charge is 0.317 e. The second-order valence-electron chi connectivity index (χ2n) is 21.4. The monoisotopic (exact) mass is 1200 g/mol. The van der Waals surface area contributed by atoms with E-state index < -0.39 is 67.2 Å². The number of halogens is 2. The SMILES string of the molecule is Cc1ccc(/C=N/NCN/N=C/CC(/C=N\NCCC(=O)N2CCC(CCCOc3ccc4nccc(C(=O)NCC(=O)N5CC(F)(F)C[C@@H]5C#N)c4c3)CC2)NC(=O)CN2CCN(CC(=O)O)CCN(CC(=O)O)CCN(CC(=O)O)CC2)cc1. The van der Waals surface area contributed by atoms with Gasteiger partial charge in [-0.05, 0) is 68.4 Å². The molecule has 4 heterocycles. The summed E-state index contributed by atoms with van der Waals surface area (Å²) in [6.07, 6.45) is 9.07. The summed E-state index contributed by atoms with van der Waals surface area (Å²) in [7, 11) is 0. The Morgan fingerprint density at radius 2 is 1.41 bits per heavy atom. The highest BCUT2D eigenvalue weighted by atomic mass is 19.3. The molecule has 86 heavy (non-hydrogen) atoms. The average molecular weight is 1200 g/mol. The lowest BCUT2D eigenvalue weighted by Crippen LogP contribution is -2.50. The van der Waals surface area contributed by atoms with Crippen LogP contribution in [0.1, 0.15) is 66.4 Å². The number of alkyl halides is 2. The summed E-state index contributed by atoms with van der Waals surface area (Å²) in [6.45, 7) is 3.49. The minimum Gasteiger partial charge on any atom is -0.494 e. The number of aromatic nitrogens is 1. The van der Waals surface area contributed by atoms with Crippen molar-refractivity contribution >= 4 is 71.1 Å². The zero-order valence-electron chi connectivity index (χ0n) is 48.3. The molecule has 3 aliphatic heterocycles. The molecule has 2 aromatic carbocycles. The Labute approximate surface area is 497 Å². The average Bonchev–Trinajstić information content (AvgIpc) is 2.43. The van der Waals surface area contributed by atoms with Crippen molar-refractivity contribution in [3.05, 3.63) is 71.4 Å². The van der Waals surface area contributed by atoms with Crippen LogP contribution in [0.2, 0.25) is 0 Å². The molecule has 0 saturated carbocycles. The molecule has 466 valence electrons. The first-order valence-electron chi connectivity index (χ1n) is 28.6. The number of carbonyl (C=O) groups excluding carboxylic acids is 4. The summed E-state index contributed by atoms with van der Waals surface area (Å²) < 4.78 is 33.9. The fourth-order valence-electron chi connectivity index (χ4n) is 10.0. The first-order chi connectivity index (χ1) is 41.3. The molecule has 8 N–H and O–H groups in total. The van der Waals surface area contributed by atoms with Gasteiger partial charge in [-0.3, -0.25) is 69.0 Å². The van der Waals surface area contributed by atoms with Gasteiger partial charge in [-0.2, -0.15) is 20.6 Å². The van der Waals surface area contributed by atoms with Crippen LogP contribution in [0.5, 0.6) is 5.75 Å². The summed E-state index contributed by atoms with van der Waals surface area (Å²) in [6, 6.07) is 14.3. The lowest BCUT2D eigenvalue weighted by atomic mass is 9.92. The molecular formula is C57H78F2N16O11. The quantitative estimate of drug-likeness (QED) is 0.0207. The number of benzene rings is 2. The first kappa shape index (κ1) is 66.7. The van der Waals surface area contributed by atoms with Crippen molar-refractivity contribution in [2.45, 2.75) is 69.9 Å². The van der Waals surface area contributed by atoms with Gasteiger partial charge in [0.1, 0.15) is 18.5 Å². The number of likely N-dealkylation sites (tertiary alicyclic amines) is 2. The number of rotatable bonds is 29. The summed E-state index contributed by atoms with van der Waals surface area (Å²) in [5.41, 5.74) is 11.4. The van der Waals surface area contributed by atoms with Crippen LogP contribution >= 0.6 is 0 Å². The molecule has 0 aliphatic carbocycles. The van der Waals surface area contributed by atoms with E-state index in [9.17, 15) is 62.9 Å². The Kier molecular flexibility index (Phi) is 26.7. The van der Waals surface area contributed by atoms with Crippen molar-refractivity contribution in [2.24, 2.45) is 21.2 Å². The van der Waals surface area contributed by atoms with E-state index in [-0.39, 0.29) is 122 Å². The number of pyridine rings is 1. The lowest BCUT2D eigenvalue weighted by molar-refractivity contribution is -0.140. The molecule has 0 spiro atoms. The maximum atomic E-state index is 13.9. The van der Waals surface area contributed by atoms with Gasteiger partial charge in [0, 0.05) is 115 Å². The minimum absolute atomic E-state index is 0.0313. The zero-order chi connectivity index (χ0) is 61.8. The van der Waals surface area contributed by atoms with E-state index in [2.05, 4.69) is 47.2 Å². The Hall–Kier alpha value is -8.46. The second-order valence-corrected chi connectivity index (χ2v) is 21.4. The van der Waals surface area contributed by atoms with Gasteiger partial charge in [-0.25, -0.2) is 8.78 Å². The predicted molar refractivity (Wildman–Crippen MR) is 314 cm³/mol. The summed E-state index contributed by atoms with van der Waals surface area (Å²) in [5, 5.41) is 56.7. The number of nitriles is 1. The number of carboxylic acids is 3. The van der Waals surface area contributed by atoms with Crippen LogP contribution in [0.3, 0.4) is 0 Å². The van der Waals surface area contributed by atoms with E-state index in [1.807, 2.05) is 41.0 Å². The molecule has 6 rings (SSSR count). The number of carboxylic acid groups (broad SMARTS) is 3. The molecule has 29 heteroatoms. The minimum atomic E-state index is -3.18. The Balaban J connectivity index is 0.954. The Morgan fingerprint density at radius 1 is 0.791 bits per heavy atom. The Morgan fingerprint density at radius 3 is 2.02 bits per heavy atom. The van der Waals surface area contributed by atoms with Crippen molar-refractivity contribution in [1.82, 2.24) is 61.3 Å². The van der Waals surface area contributed by atoms with Crippen molar-refractivity contribution in [3.63, 3.8) is 0 Å². The highest BCUT2D eigenvalue weighted by molar-refractivity contribution is 6.07. The number of amides is 4. The van der Waals surface area contributed by atoms with Gasteiger partial charge in [0.15, 0.2) is 0 Å². The van der Waals surface area contributed by atoms with Gasteiger partial charge in [0.25, 0.3) is 11.8 Å². The van der Waals surface area contributed by atoms with Crippen LogP contribution in [0.4, 0.5) is 8.78 Å². The van der Waals surface area contributed by atoms with E-state index in [0.717, 1.165) is 41.7 Å². The molecule has 3 fully saturated rings. The van der Waals surface area contributed by atoms with Gasteiger partial charge in [-0.1, -0.05) is 29.8 Å². The second kappa shape index (κ2) is 34.5. The highest BCUT2D eigenvalue weighted by Gasteiger charge is 2.47. The molecule has 0 radical (unpaired) electrons. The molecule has 4 amide bonds. The predicted octanol–water partition coefficient (Wildman–Crippen LogP) is 0.903. The van der Waals surface area contributed by atoms with Crippen LogP contribution in [0.25, 0.3) is 10.9 Å². The van der Waals surface area contributed by atoms with Crippen molar-refractivity contribution in [1.29, 1.82) is 5.26 Å². The van der Waals surface area contributed by atoms with E-state index >= 15 is 0 Å². The van der Waals surface area contributed by atoms with Gasteiger partial charge in [0.05, 0.1) is 75.3 Å². The van der Waals surface area contributed by atoms with Gasteiger partial charge in [-0.15, -0.1) is 0 Å². The van der Waals surface area contributed by atoms with E-state index in [1.165, 1.54) is 18.5 Å². The number of aliphatic carboxylic acids is 3. The number of nitrogens with one attached hydrogen (secondary N) is 5. The number of aryl methyl sites for hydroxylation is 1. The maximum Gasteiger partial charge on any atom is 0.317 e. The van der Waals surface area contributed by atoms with Crippen LogP contribution in [-0.2, 0) is 28.8 Å². The standard InChI is InChI=1S/C57H78F2N16O11/c1-41-4-6-43(7-5-41)32-65-68-40-67-64-16-10-44(69-50(76)35-70-20-22-71(36-53(79)80)24-26-73(38-55(83)84)27-25-72(23-21-70)37-54(81)82)33-66-63-17-12-51(77)74-18-13-42(14-19-74)3-2-28-86-46-8-9-49-48(29-46)47(11-15-61-49)56(85)62-34-52(78)75-39-57(58,59)30-45(75)31-60/h4-9,11,15-16,29,32-33,42,44-45,63,67-68H,2-3,10,12-14,17-28,30,34-40H2,1H3,(H,62,85)(H,69,76)(H,79,80)(H,81,82)(H,83,84)/b64-16+,65-32+,66-33-/t44?,45-/m1/s1. The maximum absolute atomic E-state index is 13.9. The number of hydrazone groups is 3. The number of hydrogen-bond donors (Lipinski definition) is 8. The Bertz CT molecular complexity index is 2860. The number of hydrogen-bond acceptors (Lipinski definition) is 20. The lowest BCUT2D eigenvalue weighted by Gasteiger charge is -2.33. The van der Waals surface area contributed by atoms with Gasteiger partial charge < -0.3 is 45.9 Å². The van der Waals surface area contributed by atoms with Gasteiger partial charge in [0.2, 0.25) is 17.7 Å². The number of fused-ring (bicyclic) bond motifs is 1. The number of ether oxygens (including phenoxy) is 1. The highest BCUT2D eigenvalue weighted by Crippen LogP contribution is 2.32. The van der Waals surface area contributed by atoms with Crippen LogP contribution < -0.4 is 31.6 Å². The molecule has 27 nitrogen and oxygen atoms in total. The van der Waals surface area contributed by atoms with Crippen LogP contribution in [-0.4, -0.2) is 252 Å². The summed E-state index contributed by atoms with van der Waals surface area (Å²) >= 11 is 0. The van der Waals surface area contributed by atoms with Crippen LogP contribution in [0, 0.1) is 24.2 Å². The summed E-state index contributed by atoms with van der Waals surface area (Å²) in [4.78, 5) is 102. The molecule has 1 aromatic heterocycles. The number of piperidine rings is 1. The normalized spacial score (nSPS) is 18.3. The third kappa shape index (κ3) is 23.5. The summed E-state index contributed by atoms with van der Waals surface area (Å²) in [5.74, 6) is -7.29. The number of carbonyl (C=O) groups is 7. The molecule has 1 unspecified atom stereocenters. The van der Waals surface area contributed by atoms with Crippen molar-refractivity contribution in [2.75, 3.05) is 125 Å². The molecule has 3 aromatic rings. The number of nitrogens with zero attached hydrogens (tertiary/aromatic N) is 11. The van der Waals surface area contributed by atoms with Crippen molar-refractivity contribution in [3.8, 4) is 11.8 Å². The van der Waals surface area contributed by atoms with E-state index in [1.54, 1.807) is 51.4 Å². The topological polar surface area (TPSA) is 343 Å². The van der Waals surface area contributed by atoms with Crippen LogP contribution in [0.15, 0.2) is 70.0 Å². The van der Waals surface area contributed by atoms with Gasteiger partial charge >= 0.3 is 17.9 Å². The fraction of sp³-hybridized carbons (Fsp3) is 0.544. The molecule has 3 saturated heterocycles. The van der Waals surface area contributed by atoms with Crippen molar-refractivity contribution < 1.29 is 62.4 Å². The molecular weight excluding hydrogens is 1120 g/mol. The largest absolute Gasteiger partial charge is 0.494 e. The van der Waals surface area contributed by atoms with E-state index in [4.69, 9.17) is 4.74 Å².